The number of imidazole rings is 1. The SMILES string of the molecule is Cc1c(Br)ccc2nc(C=O)cn12. The van der Waals surface area contributed by atoms with Crippen LogP contribution < -0.4 is 0 Å². The van der Waals surface area contributed by atoms with Gasteiger partial charge in [-0.3, -0.25) is 4.79 Å². The monoisotopic (exact) mass is 238 g/mol. The van der Waals surface area contributed by atoms with Crippen molar-refractivity contribution in [2.24, 2.45) is 0 Å². The van der Waals surface area contributed by atoms with Gasteiger partial charge in [-0.15, -0.1) is 0 Å². The molecule has 0 aliphatic carbocycles. The average molecular weight is 239 g/mol. The normalized spacial score (nSPS) is 10.6. The minimum absolute atomic E-state index is 0.459. The van der Waals surface area contributed by atoms with Gasteiger partial charge >= 0.3 is 0 Å². The number of fused-ring (bicyclic) bond motifs is 1. The number of carbonyl (C=O) groups is 1. The Labute approximate surface area is 83.5 Å². The molecule has 0 bridgehead atoms. The molecule has 0 spiro atoms. The summed E-state index contributed by atoms with van der Waals surface area (Å²) in [6, 6.07) is 3.79. The third-order valence-corrected chi connectivity index (χ3v) is 2.80. The lowest BCUT2D eigenvalue weighted by Crippen LogP contribution is -1.89. The maximum absolute atomic E-state index is 10.5. The molecular formula is C9H7BrN2O. The smallest absolute Gasteiger partial charge is 0.170 e. The molecule has 0 aliphatic rings. The van der Waals surface area contributed by atoms with Crippen LogP contribution >= 0.6 is 15.9 Å². The summed E-state index contributed by atoms with van der Waals surface area (Å²) >= 11 is 3.41. The molecule has 66 valence electrons. The molecule has 0 atom stereocenters. The summed E-state index contributed by atoms with van der Waals surface area (Å²) in [5, 5.41) is 0. The van der Waals surface area contributed by atoms with E-state index in [4.69, 9.17) is 0 Å². The molecule has 0 unspecified atom stereocenters. The van der Waals surface area contributed by atoms with E-state index in [9.17, 15) is 4.79 Å². The molecular weight excluding hydrogens is 232 g/mol. The molecule has 0 saturated carbocycles. The number of aromatic nitrogens is 2. The Bertz CT molecular complexity index is 476. The second kappa shape index (κ2) is 2.96. The number of pyridine rings is 1. The number of aryl methyl sites for hydroxylation is 1. The first kappa shape index (κ1) is 8.44. The van der Waals surface area contributed by atoms with Crippen molar-refractivity contribution in [3.05, 3.63) is 34.2 Å². The molecule has 4 heteroatoms. The van der Waals surface area contributed by atoms with E-state index in [1.165, 1.54) is 0 Å². The fourth-order valence-electron chi connectivity index (χ4n) is 1.24. The van der Waals surface area contributed by atoms with Crippen LogP contribution in [0.1, 0.15) is 16.2 Å². The van der Waals surface area contributed by atoms with Crippen LogP contribution in [0.5, 0.6) is 0 Å². The molecule has 0 radical (unpaired) electrons. The first-order chi connectivity index (χ1) is 6.22. The van der Waals surface area contributed by atoms with Crippen molar-refractivity contribution in [1.82, 2.24) is 9.38 Å². The molecule has 2 aromatic rings. The van der Waals surface area contributed by atoms with Gasteiger partial charge < -0.3 is 4.40 Å². The van der Waals surface area contributed by atoms with Crippen molar-refractivity contribution in [2.75, 3.05) is 0 Å². The van der Waals surface area contributed by atoms with Crippen LogP contribution in [0.15, 0.2) is 22.8 Å². The van der Waals surface area contributed by atoms with Crippen LogP contribution in [0, 0.1) is 6.92 Å². The van der Waals surface area contributed by atoms with E-state index < -0.39 is 0 Å². The lowest BCUT2D eigenvalue weighted by molar-refractivity contribution is 0.111. The number of hydrogen-bond donors (Lipinski definition) is 0. The van der Waals surface area contributed by atoms with Gasteiger partial charge in [0.25, 0.3) is 0 Å². The number of nitrogens with zero attached hydrogens (tertiary/aromatic N) is 2. The van der Waals surface area contributed by atoms with Gasteiger partial charge in [0.15, 0.2) is 6.29 Å². The third kappa shape index (κ3) is 1.27. The topological polar surface area (TPSA) is 34.4 Å². The zero-order chi connectivity index (χ0) is 9.42. The molecule has 0 fully saturated rings. The molecule has 0 aromatic carbocycles. The Morgan fingerprint density at radius 2 is 2.31 bits per heavy atom. The number of carbonyl (C=O) groups excluding carboxylic acids is 1. The Hall–Kier alpha value is -1.16. The minimum Gasteiger partial charge on any atom is -0.302 e. The van der Waals surface area contributed by atoms with Crippen LogP contribution in [0.4, 0.5) is 0 Å². The Kier molecular flexibility index (Phi) is 1.92. The largest absolute Gasteiger partial charge is 0.302 e. The summed E-state index contributed by atoms with van der Waals surface area (Å²) in [4.78, 5) is 14.6. The van der Waals surface area contributed by atoms with Crippen LogP contribution in [0.2, 0.25) is 0 Å². The van der Waals surface area contributed by atoms with Gasteiger partial charge in [0.05, 0.1) is 0 Å². The van der Waals surface area contributed by atoms with E-state index in [1.807, 2.05) is 23.5 Å². The van der Waals surface area contributed by atoms with Crippen molar-refractivity contribution in [2.45, 2.75) is 6.92 Å². The van der Waals surface area contributed by atoms with E-state index in [-0.39, 0.29) is 0 Å². The highest BCUT2D eigenvalue weighted by Gasteiger charge is 2.03. The average Bonchev–Trinajstić information content (AvgIpc) is 2.55. The lowest BCUT2D eigenvalue weighted by atomic mass is 10.4. The highest BCUT2D eigenvalue weighted by Crippen LogP contribution is 2.17. The molecule has 0 N–H and O–H groups in total. The Morgan fingerprint density at radius 1 is 1.54 bits per heavy atom. The van der Waals surface area contributed by atoms with E-state index in [0.29, 0.717) is 5.69 Å². The molecule has 0 aliphatic heterocycles. The molecule has 2 aromatic heterocycles. The fourth-order valence-corrected chi connectivity index (χ4v) is 1.56. The Morgan fingerprint density at radius 3 is 3.00 bits per heavy atom. The molecule has 2 rings (SSSR count). The quantitative estimate of drug-likeness (QED) is 0.715. The molecule has 0 amide bonds. The third-order valence-electron chi connectivity index (χ3n) is 1.96. The lowest BCUT2D eigenvalue weighted by Gasteiger charge is -2.00. The van der Waals surface area contributed by atoms with Crippen molar-refractivity contribution in [3.63, 3.8) is 0 Å². The van der Waals surface area contributed by atoms with Gasteiger partial charge in [-0.1, -0.05) is 0 Å². The zero-order valence-electron chi connectivity index (χ0n) is 6.99. The fraction of sp³-hybridized carbons (Fsp3) is 0.111. The number of halogens is 1. The van der Waals surface area contributed by atoms with Crippen LogP contribution in [-0.2, 0) is 0 Å². The summed E-state index contributed by atoms with van der Waals surface area (Å²) in [5.74, 6) is 0. The molecule has 13 heavy (non-hydrogen) atoms. The predicted molar refractivity (Wildman–Crippen MR) is 53.0 cm³/mol. The second-order valence-electron chi connectivity index (χ2n) is 2.78. The van der Waals surface area contributed by atoms with Gasteiger partial charge in [0.2, 0.25) is 0 Å². The summed E-state index contributed by atoms with van der Waals surface area (Å²) in [6.45, 7) is 1.97. The first-order valence-electron chi connectivity index (χ1n) is 3.82. The highest BCUT2D eigenvalue weighted by molar-refractivity contribution is 9.10. The maximum Gasteiger partial charge on any atom is 0.170 e. The molecule has 2 heterocycles. The molecule has 0 saturated heterocycles. The summed E-state index contributed by atoms with van der Waals surface area (Å²) in [6.07, 6.45) is 2.47. The van der Waals surface area contributed by atoms with Crippen molar-refractivity contribution < 1.29 is 4.79 Å². The standard InChI is InChI=1S/C9H7BrN2O/c1-6-8(10)2-3-9-11-7(5-13)4-12(6)9/h2-5H,1H3. The zero-order valence-corrected chi connectivity index (χ0v) is 8.58. The van der Waals surface area contributed by atoms with Crippen LogP contribution in [0.3, 0.4) is 0 Å². The van der Waals surface area contributed by atoms with Crippen LogP contribution in [-0.4, -0.2) is 15.7 Å². The summed E-state index contributed by atoms with van der Waals surface area (Å²) in [7, 11) is 0. The number of aldehydes is 1. The molecule has 3 nitrogen and oxygen atoms in total. The van der Waals surface area contributed by atoms with Crippen LogP contribution in [0.25, 0.3) is 5.65 Å². The van der Waals surface area contributed by atoms with Gasteiger partial charge in [-0.05, 0) is 35.0 Å². The van der Waals surface area contributed by atoms with Crippen molar-refractivity contribution in [1.29, 1.82) is 0 Å². The van der Waals surface area contributed by atoms with Gasteiger partial charge in [0, 0.05) is 16.4 Å². The highest BCUT2D eigenvalue weighted by atomic mass is 79.9. The maximum atomic E-state index is 10.5. The summed E-state index contributed by atoms with van der Waals surface area (Å²) in [5.41, 5.74) is 2.29. The van der Waals surface area contributed by atoms with E-state index in [1.54, 1.807) is 6.20 Å². The first-order valence-corrected chi connectivity index (χ1v) is 4.61. The summed E-state index contributed by atoms with van der Waals surface area (Å²) < 4.78 is 2.89. The Balaban J connectivity index is 2.83. The van der Waals surface area contributed by atoms with E-state index in [2.05, 4.69) is 20.9 Å². The van der Waals surface area contributed by atoms with Gasteiger partial charge in [-0.25, -0.2) is 4.98 Å². The number of hydrogen-bond acceptors (Lipinski definition) is 2. The van der Waals surface area contributed by atoms with Gasteiger partial charge in [0.1, 0.15) is 11.3 Å². The van der Waals surface area contributed by atoms with E-state index >= 15 is 0 Å². The second-order valence-corrected chi connectivity index (χ2v) is 3.63. The van der Waals surface area contributed by atoms with Crippen molar-refractivity contribution in [3.8, 4) is 0 Å². The predicted octanol–water partition coefficient (Wildman–Crippen LogP) is 2.22. The van der Waals surface area contributed by atoms with Gasteiger partial charge in [-0.2, -0.15) is 0 Å². The van der Waals surface area contributed by atoms with E-state index in [0.717, 1.165) is 22.1 Å². The number of rotatable bonds is 1. The van der Waals surface area contributed by atoms with Crippen molar-refractivity contribution >= 4 is 27.9 Å². The minimum atomic E-state index is 0.459.